The molecule has 0 aliphatic carbocycles. The number of aliphatic hydroxyl groups excluding tert-OH is 1. The molecular weight excluding hydrogens is 347 g/mol. The van der Waals surface area contributed by atoms with Crippen molar-refractivity contribution in [3.05, 3.63) is 39.9 Å². The molecule has 1 heterocycles. The average Bonchev–Trinajstić information content (AvgIpc) is 2.85. The number of phosphoric ester groups is 1. The summed E-state index contributed by atoms with van der Waals surface area (Å²) in [7, 11) is -4.63. The lowest BCUT2D eigenvalue weighted by Crippen LogP contribution is -2.30. The minimum atomic E-state index is -4.63. The minimum Gasteiger partial charge on any atom is -0.390 e. The number of ether oxygens (including phenoxy) is 1. The summed E-state index contributed by atoms with van der Waals surface area (Å²) in [6.07, 6.45) is -2.38. The van der Waals surface area contributed by atoms with Crippen LogP contribution >= 0.6 is 7.82 Å². The molecular formula is C12H17N2O9P. The number of rotatable bonds is 8. The van der Waals surface area contributed by atoms with Crippen molar-refractivity contribution in [2.24, 2.45) is 0 Å². The number of aliphatic hydroxyl groups is 1. The number of phosphoric acid groups is 1. The Bertz CT molecular complexity index is 605. The summed E-state index contributed by atoms with van der Waals surface area (Å²) in [5.74, 6) is 0. The molecule has 0 amide bonds. The summed E-state index contributed by atoms with van der Waals surface area (Å²) in [4.78, 5) is 32.5. The largest absolute Gasteiger partial charge is 0.469 e. The van der Waals surface area contributed by atoms with Crippen molar-refractivity contribution in [3.63, 3.8) is 0 Å². The van der Waals surface area contributed by atoms with Crippen LogP contribution in [0.5, 0.6) is 0 Å². The first-order chi connectivity index (χ1) is 11.2. The first-order valence-electron chi connectivity index (χ1n) is 6.89. The third-order valence-corrected chi connectivity index (χ3v) is 3.72. The molecule has 0 spiro atoms. The van der Waals surface area contributed by atoms with E-state index in [9.17, 15) is 19.8 Å². The highest BCUT2D eigenvalue weighted by molar-refractivity contribution is 7.46. The Morgan fingerprint density at radius 3 is 2.62 bits per heavy atom. The Morgan fingerprint density at radius 2 is 2.04 bits per heavy atom. The van der Waals surface area contributed by atoms with E-state index >= 15 is 0 Å². The van der Waals surface area contributed by atoms with E-state index in [-0.39, 0.29) is 18.7 Å². The number of non-ortho nitro benzene ring substituents is 1. The van der Waals surface area contributed by atoms with Crippen molar-refractivity contribution in [2.45, 2.75) is 31.5 Å². The Labute approximate surface area is 136 Å². The van der Waals surface area contributed by atoms with Crippen LogP contribution in [-0.2, 0) is 25.3 Å². The zero-order valence-corrected chi connectivity index (χ0v) is 13.2. The zero-order valence-electron chi connectivity index (χ0n) is 12.3. The van der Waals surface area contributed by atoms with Gasteiger partial charge in [0.1, 0.15) is 12.3 Å². The molecule has 0 radical (unpaired) electrons. The Kier molecular flexibility index (Phi) is 6.38. The summed E-state index contributed by atoms with van der Waals surface area (Å²) in [6, 6.07) is 5.79. The van der Waals surface area contributed by atoms with Crippen molar-refractivity contribution in [1.29, 1.82) is 0 Å². The second-order valence-corrected chi connectivity index (χ2v) is 6.32. The van der Waals surface area contributed by atoms with Gasteiger partial charge in [-0.15, -0.1) is 0 Å². The number of hydroxylamine groups is 1. The van der Waals surface area contributed by atoms with Crippen molar-refractivity contribution < 1.29 is 38.5 Å². The maximum atomic E-state index is 10.6. The summed E-state index contributed by atoms with van der Waals surface area (Å²) < 4.78 is 20.2. The lowest BCUT2D eigenvalue weighted by atomic mass is 10.2. The number of benzene rings is 1. The maximum Gasteiger partial charge on any atom is 0.469 e. The Hall–Kier alpha value is -1.43. The molecule has 12 heteroatoms. The van der Waals surface area contributed by atoms with Gasteiger partial charge in [-0.3, -0.25) is 19.5 Å². The monoisotopic (exact) mass is 364 g/mol. The van der Waals surface area contributed by atoms with E-state index in [1.54, 1.807) is 12.1 Å². The molecule has 0 aromatic heterocycles. The minimum absolute atomic E-state index is 0.0261. The van der Waals surface area contributed by atoms with Crippen LogP contribution in [0.3, 0.4) is 0 Å². The number of hydrogen-bond acceptors (Lipinski definition) is 8. The maximum absolute atomic E-state index is 10.6. The number of nitrogens with one attached hydrogen (secondary N) is 1. The fourth-order valence-electron chi connectivity index (χ4n) is 2.06. The third-order valence-electron chi connectivity index (χ3n) is 3.23. The normalized spacial score (nSPS) is 24.2. The molecule has 1 unspecified atom stereocenters. The molecule has 11 nitrogen and oxygen atoms in total. The molecule has 3 atom stereocenters. The number of nitro benzene ring substituents is 1. The van der Waals surface area contributed by atoms with E-state index in [0.717, 1.165) is 0 Å². The molecule has 0 saturated carbocycles. The lowest BCUT2D eigenvalue weighted by Gasteiger charge is -2.16. The lowest BCUT2D eigenvalue weighted by molar-refractivity contribution is -0.384. The molecule has 1 aliphatic heterocycles. The predicted octanol–water partition coefficient (Wildman–Crippen LogP) is 0.201. The number of nitro groups is 1. The highest BCUT2D eigenvalue weighted by Crippen LogP contribution is 2.36. The molecule has 1 aromatic carbocycles. The highest BCUT2D eigenvalue weighted by Gasteiger charge is 2.35. The fourth-order valence-corrected chi connectivity index (χ4v) is 2.40. The second-order valence-electron chi connectivity index (χ2n) is 5.08. The smallest absolute Gasteiger partial charge is 0.390 e. The molecule has 4 N–H and O–H groups in total. The fraction of sp³-hybridized carbons (Fsp3) is 0.500. The Balaban J connectivity index is 1.73. The Morgan fingerprint density at radius 1 is 1.38 bits per heavy atom. The van der Waals surface area contributed by atoms with Gasteiger partial charge in [-0.2, -0.15) is 5.48 Å². The van der Waals surface area contributed by atoms with E-state index in [2.05, 4.69) is 10.0 Å². The van der Waals surface area contributed by atoms with E-state index < -0.39 is 37.8 Å². The van der Waals surface area contributed by atoms with Crippen LogP contribution in [0, 0.1) is 10.1 Å². The first-order valence-corrected chi connectivity index (χ1v) is 8.42. The molecule has 1 fully saturated rings. The molecule has 134 valence electrons. The average molecular weight is 364 g/mol. The van der Waals surface area contributed by atoms with Gasteiger partial charge >= 0.3 is 7.82 Å². The standard InChI is InChI=1S/C12H17N2O9P/c15-10-5-12(23-11(10)7-22-24(18,19)20)13-21-6-8-1-3-9(4-2-8)14(16)17/h1-4,10-13,15H,5-7H2,(H2,18,19,20)/t10-,11+,12?/m0/s1. The van der Waals surface area contributed by atoms with Gasteiger partial charge in [0.05, 0.1) is 24.2 Å². The second kappa shape index (κ2) is 8.10. The zero-order chi connectivity index (χ0) is 17.7. The van der Waals surface area contributed by atoms with Crippen LogP contribution in [0.15, 0.2) is 24.3 Å². The van der Waals surface area contributed by atoms with Crippen molar-refractivity contribution >= 4 is 13.5 Å². The van der Waals surface area contributed by atoms with Crippen LogP contribution < -0.4 is 5.48 Å². The highest BCUT2D eigenvalue weighted by atomic mass is 31.2. The molecule has 0 bridgehead atoms. The van der Waals surface area contributed by atoms with Crippen LogP contribution in [0.4, 0.5) is 5.69 Å². The molecule has 1 aromatic rings. The van der Waals surface area contributed by atoms with Crippen LogP contribution in [0.1, 0.15) is 12.0 Å². The number of nitrogens with zero attached hydrogens (tertiary/aromatic N) is 1. The topological polar surface area (TPSA) is 161 Å². The van der Waals surface area contributed by atoms with Gasteiger partial charge in [0.2, 0.25) is 0 Å². The third kappa shape index (κ3) is 5.89. The molecule has 1 aliphatic rings. The van der Waals surface area contributed by atoms with Gasteiger partial charge in [-0.25, -0.2) is 4.57 Å². The van der Waals surface area contributed by atoms with Crippen LogP contribution in [0.2, 0.25) is 0 Å². The molecule has 2 rings (SSSR count). The summed E-state index contributed by atoms with van der Waals surface area (Å²) in [5.41, 5.74) is 3.22. The molecule has 1 saturated heterocycles. The van der Waals surface area contributed by atoms with E-state index in [4.69, 9.17) is 19.4 Å². The summed E-state index contributed by atoms with van der Waals surface area (Å²) in [5, 5.41) is 20.3. The SMILES string of the molecule is O=[N+]([O-])c1ccc(CONC2C[C@H](O)[C@@H](COP(=O)(O)O)O2)cc1. The molecule has 24 heavy (non-hydrogen) atoms. The van der Waals surface area contributed by atoms with Gasteiger partial charge in [0.15, 0.2) is 0 Å². The predicted molar refractivity (Wildman–Crippen MR) is 78.3 cm³/mol. The first kappa shape index (κ1) is 18.9. The van der Waals surface area contributed by atoms with Crippen LogP contribution in [0.25, 0.3) is 0 Å². The van der Waals surface area contributed by atoms with Crippen molar-refractivity contribution in [3.8, 4) is 0 Å². The van der Waals surface area contributed by atoms with E-state index in [1.165, 1.54) is 12.1 Å². The van der Waals surface area contributed by atoms with E-state index in [1.807, 2.05) is 0 Å². The quantitative estimate of drug-likeness (QED) is 0.285. The summed E-state index contributed by atoms with van der Waals surface area (Å²) >= 11 is 0. The van der Waals surface area contributed by atoms with Crippen LogP contribution in [-0.4, -0.2) is 44.9 Å². The van der Waals surface area contributed by atoms with Gasteiger partial charge in [-0.05, 0) is 17.7 Å². The van der Waals surface area contributed by atoms with Gasteiger partial charge in [-0.1, -0.05) is 0 Å². The van der Waals surface area contributed by atoms with Crippen molar-refractivity contribution in [1.82, 2.24) is 5.48 Å². The van der Waals surface area contributed by atoms with Gasteiger partial charge in [0, 0.05) is 18.6 Å². The van der Waals surface area contributed by atoms with Gasteiger partial charge < -0.3 is 19.6 Å². The van der Waals surface area contributed by atoms with E-state index in [0.29, 0.717) is 5.56 Å². The number of hydrogen-bond donors (Lipinski definition) is 4. The van der Waals surface area contributed by atoms with Gasteiger partial charge in [0.25, 0.3) is 5.69 Å². The van der Waals surface area contributed by atoms with Crippen molar-refractivity contribution in [2.75, 3.05) is 6.61 Å². The summed E-state index contributed by atoms with van der Waals surface area (Å²) in [6.45, 7) is -0.344.